The van der Waals surface area contributed by atoms with E-state index in [0.29, 0.717) is 12.3 Å². The van der Waals surface area contributed by atoms with Gasteiger partial charge in [-0.1, -0.05) is 13.0 Å². The zero-order valence-electron chi connectivity index (χ0n) is 14.8. The van der Waals surface area contributed by atoms with Gasteiger partial charge in [0.25, 0.3) is 0 Å². The second-order valence-electron chi connectivity index (χ2n) is 7.44. The highest BCUT2D eigenvalue weighted by atomic mass is 28.4. The van der Waals surface area contributed by atoms with Crippen LogP contribution >= 0.6 is 0 Å². The van der Waals surface area contributed by atoms with E-state index in [4.69, 9.17) is 14.9 Å². The summed E-state index contributed by atoms with van der Waals surface area (Å²) in [6, 6.07) is 5.06. The minimum atomic E-state index is -1.80. The summed E-state index contributed by atoms with van der Waals surface area (Å²) in [7, 11) is -1.80. The molecule has 0 heterocycles. The van der Waals surface area contributed by atoms with Crippen molar-refractivity contribution in [3.63, 3.8) is 0 Å². The maximum atomic E-state index is 14.2. The molecule has 1 aliphatic rings. The molecule has 1 aromatic rings. The summed E-state index contributed by atoms with van der Waals surface area (Å²) in [5, 5.41) is 0. The highest BCUT2D eigenvalue weighted by molar-refractivity contribution is 6.69. The minimum absolute atomic E-state index is 0.131. The molecule has 1 atom stereocenters. The van der Waals surface area contributed by atoms with Crippen LogP contribution in [0.5, 0.6) is 5.75 Å². The van der Waals surface area contributed by atoms with Crippen LogP contribution < -0.4 is 10.5 Å². The standard InChI is InChI=1S/C18H30FNO2Si/c1-5-18(13-20,22-23(2,3)4)14-10-11-16(19)17(12-14)21-15-8-6-7-9-15/h10-12,15H,5-9,13,20H2,1-4H3/t18-/m1/s1. The smallest absolute Gasteiger partial charge is 0.185 e. The Morgan fingerprint density at radius 2 is 1.91 bits per heavy atom. The highest BCUT2D eigenvalue weighted by Gasteiger charge is 2.36. The van der Waals surface area contributed by atoms with Gasteiger partial charge >= 0.3 is 0 Å². The van der Waals surface area contributed by atoms with Crippen molar-refractivity contribution in [3.05, 3.63) is 29.6 Å². The molecule has 5 heteroatoms. The molecule has 1 fully saturated rings. The molecule has 3 nitrogen and oxygen atoms in total. The predicted octanol–water partition coefficient (Wildman–Crippen LogP) is 4.56. The minimum Gasteiger partial charge on any atom is -0.487 e. The lowest BCUT2D eigenvalue weighted by atomic mass is 9.91. The molecule has 1 aliphatic carbocycles. The fraction of sp³-hybridized carbons (Fsp3) is 0.667. The molecule has 2 N–H and O–H groups in total. The zero-order valence-corrected chi connectivity index (χ0v) is 15.8. The molecular weight excluding hydrogens is 309 g/mol. The second-order valence-corrected chi connectivity index (χ2v) is 11.9. The largest absolute Gasteiger partial charge is 0.487 e. The van der Waals surface area contributed by atoms with Crippen LogP contribution in [0, 0.1) is 5.82 Å². The van der Waals surface area contributed by atoms with Gasteiger partial charge < -0.3 is 14.9 Å². The van der Waals surface area contributed by atoms with Crippen molar-refractivity contribution in [2.24, 2.45) is 5.73 Å². The van der Waals surface area contributed by atoms with E-state index in [1.807, 2.05) is 0 Å². The van der Waals surface area contributed by atoms with E-state index in [1.165, 1.54) is 6.07 Å². The van der Waals surface area contributed by atoms with E-state index < -0.39 is 13.9 Å². The van der Waals surface area contributed by atoms with Gasteiger partial charge in [-0.15, -0.1) is 0 Å². The molecule has 0 amide bonds. The maximum absolute atomic E-state index is 14.2. The van der Waals surface area contributed by atoms with E-state index in [9.17, 15) is 4.39 Å². The van der Waals surface area contributed by atoms with Crippen LogP contribution in [0.4, 0.5) is 4.39 Å². The lowest BCUT2D eigenvalue weighted by Crippen LogP contribution is -2.45. The molecule has 0 radical (unpaired) electrons. The fourth-order valence-corrected chi connectivity index (χ4v) is 4.81. The lowest BCUT2D eigenvalue weighted by molar-refractivity contribution is 0.0618. The van der Waals surface area contributed by atoms with Gasteiger partial charge in [0, 0.05) is 6.54 Å². The Labute approximate surface area is 140 Å². The number of rotatable bonds is 7. The summed E-state index contributed by atoms with van der Waals surface area (Å²) in [6.07, 6.45) is 5.21. The van der Waals surface area contributed by atoms with Crippen LogP contribution in [-0.4, -0.2) is 21.0 Å². The zero-order chi connectivity index (χ0) is 17.1. The van der Waals surface area contributed by atoms with Crippen molar-refractivity contribution < 1.29 is 13.6 Å². The van der Waals surface area contributed by atoms with Crippen molar-refractivity contribution in [1.82, 2.24) is 0 Å². The molecule has 2 rings (SSSR count). The lowest BCUT2D eigenvalue weighted by Gasteiger charge is -2.38. The first-order valence-electron chi connectivity index (χ1n) is 8.66. The van der Waals surface area contributed by atoms with Crippen LogP contribution in [0.1, 0.15) is 44.6 Å². The van der Waals surface area contributed by atoms with Crippen LogP contribution in [0.25, 0.3) is 0 Å². The SMILES string of the molecule is CC[C@](CN)(O[Si](C)(C)C)c1ccc(F)c(OC2CCCC2)c1. The van der Waals surface area contributed by atoms with Gasteiger partial charge in [-0.05, 0) is 69.4 Å². The van der Waals surface area contributed by atoms with Crippen molar-refractivity contribution in [3.8, 4) is 5.75 Å². The Hall–Kier alpha value is -0.913. The van der Waals surface area contributed by atoms with Gasteiger partial charge in [0.05, 0.1) is 11.7 Å². The monoisotopic (exact) mass is 339 g/mol. The van der Waals surface area contributed by atoms with E-state index in [-0.39, 0.29) is 11.9 Å². The Kier molecular flexibility index (Phi) is 5.87. The molecular formula is C18H30FNO2Si. The van der Waals surface area contributed by atoms with E-state index in [1.54, 1.807) is 12.1 Å². The summed E-state index contributed by atoms with van der Waals surface area (Å²) in [4.78, 5) is 0. The third kappa shape index (κ3) is 4.55. The van der Waals surface area contributed by atoms with Gasteiger partial charge in [-0.25, -0.2) is 4.39 Å². The number of nitrogens with two attached hydrogens (primary N) is 1. The normalized spacial score (nSPS) is 18.9. The van der Waals surface area contributed by atoms with E-state index in [2.05, 4.69) is 26.6 Å². The third-order valence-corrected chi connectivity index (χ3v) is 5.46. The summed E-state index contributed by atoms with van der Waals surface area (Å²) >= 11 is 0. The Morgan fingerprint density at radius 3 is 2.43 bits per heavy atom. The average molecular weight is 340 g/mol. The van der Waals surface area contributed by atoms with Gasteiger partial charge in [-0.2, -0.15) is 0 Å². The van der Waals surface area contributed by atoms with E-state index >= 15 is 0 Å². The second kappa shape index (κ2) is 7.32. The van der Waals surface area contributed by atoms with Crippen molar-refractivity contribution in [1.29, 1.82) is 0 Å². The number of ether oxygens (including phenoxy) is 1. The van der Waals surface area contributed by atoms with Crippen LogP contribution in [0.2, 0.25) is 19.6 Å². The Bertz CT molecular complexity index is 520. The van der Waals surface area contributed by atoms with Gasteiger partial charge in [0.1, 0.15) is 0 Å². The molecule has 0 aromatic heterocycles. The number of halogens is 1. The van der Waals surface area contributed by atoms with E-state index in [0.717, 1.165) is 37.7 Å². The number of hydrogen-bond donors (Lipinski definition) is 1. The number of benzene rings is 1. The summed E-state index contributed by atoms with van der Waals surface area (Å²) in [5.41, 5.74) is 6.42. The third-order valence-electron chi connectivity index (χ3n) is 4.46. The first-order valence-corrected chi connectivity index (χ1v) is 12.1. The topological polar surface area (TPSA) is 44.5 Å². The molecule has 0 aliphatic heterocycles. The van der Waals surface area contributed by atoms with Crippen LogP contribution in [0.3, 0.4) is 0 Å². The first kappa shape index (κ1) is 18.4. The van der Waals surface area contributed by atoms with Crippen molar-refractivity contribution >= 4 is 8.32 Å². The van der Waals surface area contributed by atoms with Crippen LogP contribution in [0.15, 0.2) is 18.2 Å². The molecule has 0 spiro atoms. The highest BCUT2D eigenvalue weighted by Crippen LogP contribution is 2.35. The summed E-state index contributed by atoms with van der Waals surface area (Å²) < 4.78 is 26.5. The Morgan fingerprint density at radius 1 is 1.26 bits per heavy atom. The Balaban J connectivity index is 2.32. The van der Waals surface area contributed by atoms with Gasteiger partial charge in [0.2, 0.25) is 0 Å². The average Bonchev–Trinajstić information content (AvgIpc) is 2.99. The predicted molar refractivity (Wildman–Crippen MR) is 94.7 cm³/mol. The molecule has 23 heavy (non-hydrogen) atoms. The fourth-order valence-electron chi connectivity index (χ4n) is 3.29. The van der Waals surface area contributed by atoms with Crippen molar-refractivity contribution in [2.75, 3.05) is 6.54 Å². The maximum Gasteiger partial charge on any atom is 0.185 e. The van der Waals surface area contributed by atoms with Crippen molar-refractivity contribution in [2.45, 2.75) is 70.4 Å². The molecule has 130 valence electrons. The molecule has 0 bridgehead atoms. The van der Waals surface area contributed by atoms with Gasteiger partial charge in [-0.3, -0.25) is 0 Å². The molecule has 0 unspecified atom stereocenters. The summed E-state index contributed by atoms with van der Waals surface area (Å²) in [5.74, 6) is 0.0236. The van der Waals surface area contributed by atoms with Gasteiger partial charge in [0.15, 0.2) is 19.9 Å². The molecule has 1 aromatic carbocycles. The quantitative estimate of drug-likeness (QED) is 0.741. The molecule has 0 saturated heterocycles. The molecule has 1 saturated carbocycles. The number of hydrogen-bond acceptors (Lipinski definition) is 3. The summed E-state index contributed by atoms with van der Waals surface area (Å²) in [6.45, 7) is 8.88. The van der Waals surface area contributed by atoms with Crippen LogP contribution in [-0.2, 0) is 10.0 Å². The first-order chi connectivity index (χ1) is 10.8.